The molecule has 1 heterocycles. The lowest BCUT2D eigenvalue weighted by molar-refractivity contribution is 0.662. The van der Waals surface area contributed by atoms with E-state index < -0.39 is 0 Å². The minimum atomic E-state index is -0.111. The molecule has 2 heteroatoms. The minimum absolute atomic E-state index is 0.111. The summed E-state index contributed by atoms with van der Waals surface area (Å²) >= 11 is 0. The van der Waals surface area contributed by atoms with E-state index in [0.29, 0.717) is 0 Å². The van der Waals surface area contributed by atoms with Crippen LogP contribution in [0.4, 0.5) is 17.1 Å². The maximum atomic E-state index is 6.83. The Hall–Kier alpha value is -7.68. The van der Waals surface area contributed by atoms with Crippen molar-refractivity contribution >= 4 is 60.5 Å². The van der Waals surface area contributed by atoms with Gasteiger partial charge in [-0.3, -0.25) is 0 Å². The monoisotopic (exact) mass is 779 g/mol. The van der Waals surface area contributed by atoms with Gasteiger partial charge in [0.2, 0.25) is 0 Å². The van der Waals surface area contributed by atoms with Gasteiger partial charge in [0.05, 0.1) is 5.69 Å². The van der Waals surface area contributed by atoms with Crippen LogP contribution in [-0.4, -0.2) is 0 Å². The third-order valence-electron chi connectivity index (χ3n) is 13.0. The van der Waals surface area contributed by atoms with Crippen molar-refractivity contribution in [2.45, 2.75) is 19.3 Å². The summed E-state index contributed by atoms with van der Waals surface area (Å²) in [6.07, 6.45) is 0. The summed E-state index contributed by atoms with van der Waals surface area (Å²) in [6, 6.07) is 77.4. The van der Waals surface area contributed by atoms with Gasteiger partial charge in [0.25, 0.3) is 0 Å². The average Bonchev–Trinajstić information content (AvgIpc) is 3.79. The van der Waals surface area contributed by atoms with Crippen LogP contribution in [0.5, 0.6) is 0 Å². The largest absolute Gasteiger partial charge is 0.455 e. The molecule has 0 fully saturated rings. The van der Waals surface area contributed by atoms with Crippen LogP contribution in [0.2, 0.25) is 0 Å². The predicted molar refractivity (Wildman–Crippen MR) is 257 cm³/mol. The molecule has 288 valence electrons. The van der Waals surface area contributed by atoms with Crippen LogP contribution in [0, 0.1) is 0 Å². The molecule has 11 aromatic rings. The highest BCUT2D eigenvalue weighted by Crippen LogP contribution is 2.52. The first kappa shape index (κ1) is 35.3. The van der Waals surface area contributed by atoms with Crippen LogP contribution in [-0.2, 0) is 5.41 Å². The van der Waals surface area contributed by atoms with Crippen LogP contribution in [0.15, 0.2) is 217 Å². The van der Waals surface area contributed by atoms with Gasteiger partial charge in [-0.15, -0.1) is 0 Å². The van der Waals surface area contributed by atoms with E-state index in [1.54, 1.807) is 0 Å². The van der Waals surface area contributed by atoms with Gasteiger partial charge in [-0.25, -0.2) is 0 Å². The summed E-state index contributed by atoms with van der Waals surface area (Å²) in [5.74, 6) is 0. The Morgan fingerprint density at radius 3 is 1.82 bits per heavy atom. The molecule has 0 aliphatic heterocycles. The normalized spacial score (nSPS) is 12.9. The molecule has 0 bridgehead atoms. The lowest BCUT2D eigenvalue weighted by atomic mass is 9.79. The van der Waals surface area contributed by atoms with E-state index in [4.69, 9.17) is 4.42 Å². The SMILES string of the molecule is CC1(C)c2ccccc2-c2cccc(-c3ccc(N(c4cccc(-c5ccc6ccccc6c5)c4)c4ccccc4-c4cccc5c4oc4cc6ccccc6cc45)cc3)c21. The Morgan fingerprint density at radius 1 is 0.377 bits per heavy atom. The Kier molecular flexibility index (Phi) is 7.92. The Bertz CT molecular complexity index is 3520. The number of benzene rings is 10. The first-order chi connectivity index (χ1) is 30.0. The Morgan fingerprint density at radius 2 is 0.984 bits per heavy atom. The molecule has 0 atom stereocenters. The molecular weight excluding hydrogens is 739 g/mol. The zero-order chi connectivity index (χ0) is 40.7. The first-order valence-electron chi connectivity index (χ1n) is 21.2. The molecule has 0 saturated heterocycles. The summed E-state index contributed by atoms with van der Waals surface area (Å²) in [5.41, 5.74) is 17.3. The van der Waals surface area contributed by atoms with E-state index in [-0.39, 0.29) is 5.41 Å². The second-order valence-electron chi connectivity index (χ2n) is 16.9. The number of rotatable bonds is 6. The molecule has 0 saturated carbocycles. The molecule has 61 heavy (non-hydrogen) atoms. The number of hydrogen-bond acceptors (Lipinski definition) is 2. The number of anilines is 3. The Balaban J connectivity index is 1.03. The van der Waals surface area contributed by atoms with E-state index in [2.05, 4.69) is 231 Å². The fraction of sp³-hybridized carbons (Fsp3) is 0.0508. The highest BCUT2D eigenvalue weighted by Gasteiger charge is 2.37. The van der Waals surface area contributed by atoms with Crippen LogP contribution in [0.1, 0.15) is 25.0 Å². The second-order valence-corrected chi connectivity index (χ2v) is 16.9. The molecule has 0 amide bonds. The molecule has 0 unspecified atom stereocenters. The van der Waals surface area contributed by atoms with Crippen LogP contribution in [0.3, 0.4) is 0 Å². The zero-order valence-electron chi connectivity index (χ0n) is 34.1. The lowest BCUT2D eigenvalue weighted by Gasteiger charge is -2.29. The molecule has 1 aromatic heterocycles. The van der Waals surface area contributed by atoms with E-state index >= 15 is 0 Å². The van der Waals surface area contributed by atoms with E-state index in [1.165, 1.54) is 60.5 Å². The summed E-state index contributed by atoms with van der Waals surface area (Å²) in [6.45, 7) is 4.73. The number of furan rings is 1. The smallest absolute Gasteiger partial charge is 0.143 e. The zero-order valence-corrected chi connectivity index (χ0v) is 34.1. The van der Waals surface area contributed by atoms with Gasteiger partial charge in [0, 0.05) is 38.7 Å². The van der Waals surface area contributed by atoms with Crippen LogP contribution in [0.25, 0.3) is 88.0 Å². The molecule has 0 spiro atoms. The van der Waals surface area contributed by atoms with Gasteiger partial charge in [-0.05, 0) is 115 Å². The highest BCUT2D eigenvalue weighted by molar-refractivity contribution is 6.14. The van der Waals surface area contributed by atoms with Crippen LogP contribution >= 0.6 is 0 Å². The predicted octanol–water partition coefficient (Wildman–Crippen LogP) is 16.7. The molecule has 2 nitrogen and oxygen atoms in total. The van der Waals surface area contributed by atoms with Crippen molar-refractivity contribution in [2.75, 3.05) is 4.90 Å². The maximum absolute atomic E-state index is 6.83. The third-order valence-corrected chi connectivity index (χ3v) is 13.0. The lowest BCUT2D eigenvalue weighted by Crippen LogP contribution is -2.16. The van der Waals surface area contributed by atoms with Crippen molar-refractivity contribution in [1.29, 1.82) is 0 Å². The van der Waals surface area contributed by atoms with Gasteiger partial charge in [-0.2, -0.15) is 0 Å². The highest BCUT2D eigenvalue weighted by atomic mass is 16.3. The fourth-order valence-electron chi connectivity index (χ4n) is 10.1. The topological polar surface area (TPSA) is 16.4 Å². The molecule has 1 aliphatic carbocycles. The summed E-state index contributed by atoms with van der Waals surface area (Å²) in [4.78, 5) is 2.41. The number of hydrogen-bond donors (Lipinski definition) is 0. The summed E-state index contributed by atoms with van der Waals surface area (Å²) in [5, 5.41) is 7.09. The van der Waals surface area contributed by atoms with E-state index in [1.807, 2.05) is 0 Å². The standard InChI is InChI=1S/C59H41NO/c1-59(2)54-26-9-7-20-48(54)50-23-12-22-47(57(50)59)39-30-32-45(33-31-39)60(46-19-11-18-41(35-46)44-29-28-38-14-3-4-15-40(38)34-44)55-27-10-8-21-49(55)51-24-13-25-52-53-36-42-16-5-6-17-43(42)37-56(53)61-58(51)52/h3-37H,1-2H3. The van der Waals surface area contributed by atoms with Crippen molar-refractivity contribution in [1.82, 2.24) is 0 Å². The average molecular weight is 780 g/mol. The van der Waals surface area contributed by atoms with Crippen molar-refractivity contribution in [2.24, 2.45) is 0 Å². The van der Waals surface area contributed by atoms with Crippen molar-refractivity contribution in [3.8, 4) is 44.5 Å². The van der Waals surface area contributed by atoms with Gasteiger partial charge >= 0.3 is 0 Å². The van der Waals surface area contributed by atoms with Gasteiger partial charge in [0.1, 0.15) is 11.2 Å². The van der Waals surface area contributed by atoms with Crippen molar-refractivity contribution in [3.63, 3.8) is 0 Å². The van der Waals surface area contributed by atoms with Crippen molar-refractivity contribution in [3.05, 3.63) is 223 Å². The van der Waals surface area contributed by atoms with Crippen LogP contribution < -0.4 is 4.90 Å². The molecule has 10 aromatic carbocycles. The number of nitrogens with zero attached hydrogens (tertiary/aromatic N) is 1. The first-order valence-corrected chi connectivity index (χ1v) is 21.2. The minimum Gasteiger partial charge on any atom is -0.455 e. The maximum Gasteiger partial charge on any atom is 0.143 e. The van der Waals surface area contributed by atoms with Crippen molar-refractivity contribution < 1.29 is 4.42 Å². The van der Waals surface area contributed by atoms with Gasteiger partial charge in [0.15, 0.2) is 0 Å². The molecule has 0 N–H and O–H groups in total. The fourth-order valence-corrected chi connectivity index (χ4v) is 10.1. The summed E-state index contributed by atoms with van der Waals surface area (Å²) < 4.78 is 6.83. The molecule has 12 rings (SSSR count). The molecule has 0 radical (unpaired) electrons. The number of para-hydroxylation sites is 2. The third kappa shape index (κ3) is 5.64. The number of fused-ring (bicyclic) bond motifs is 8. The quantitative estimate of drug-likeness (QED) is 0.167. The Labute approximate surface area is 355 Å². The summed E-state index contributed by atoms with van der Waals surface area (Å²) in [7, 11) is 0. The van der Waals surface area contributed by atoms with E-state index in [0.717, 1.165) is 55.7 Å². The van der Waals surface area contributed by atoms with Gasteiger partial charge in [-0.1, -0.05) is 178 Å². The van der Waals surface area contributed by atoms with E-state index in [9.17, 15) is 0 Å². The molecular formula is C59H41NO. The molecule has 1 aliphatic rings. The second kappa shape index (κ2) is 13.7. The van der Waals surface area contributed by atoms with Gasteiger partial charge < -0.3 is 9.32 Å².